The van der Waals surface area contributed by atoms with Crippen molar-refractivity contribution in [3.63, 3.8) is 0 Å². The summed E-state index contributed by atoms with van der Waals surface area (Å²) in [6, 6.07) is 0.956. The van der Waals surface area contributed by atoms with Gasteiger partial charge in [0.15, 0.2) is 5.82 Å². The summed E-state index contributed by atoms with van der Waals surface area (Å²) in [7, 11) is 0. The number of benzene rings is 1. The highest BCUT2D eigenvalue weighted by atomic mass is 19.1. The van der Waals surface area contributed by atoms with Crippen molar-refractivity contribution in [3.8, 4) is 0 Å². The molecule has 7 heteroatoms. The molecule has 1 aromatic carbocycles. The normalized spacial score (nSPS) is 17.7. The molecule has 2 heterocycles. The summed E-state index contributed by atoms with van der Waals surface area (Å²) in [6.07, 6.45) is 1.96. The lowest BCUT2D eigenvalue weighted by atomic mass is 10.1. The van der Waals surface area contributed by atoms with Crippen LogP contribution in [-0.4, -0.2) is 28.7 Å². The third-order valence-corrected chi connectivity index (χ3v) is 4.54. The molecule has 0 saturated carbocycles. The van der Waals surface area contributed by atoms with E-state index in [1.807, 2.05) is 6.92 Å². The Balaban J connectivity index is 2.34. The van der Waals surface area contributed by atoms with Crippen molar-refractivity contribution in [2.75, 3.05) is 18.0 Å². The first kappa shape index (κ1) is 16.4. The van der Waals surface area contributed by atoms with Gasteiger partial charge in [0.1, 0.15) is 17.1 Å². The molecule has 1 aromatic heterocycles. The Morgan fingerprint density at radius 2 is 2.12 bits per heavy atom. The number of halogens is 2. The van der Waals surface area contributed by atoms with Gasteiger partial charge >= 0.3 is 5.97 Å². The topological polar surface area (TPSA) is 62.5 Å². The number of aromatic nitrogens is 1. The SMILES string of the molecule is CCn1cc(C(=O)O)c(=O)c2cc(F)c(N3CCC(C)C3)c(F)c21. The highest BCUT2D eigenvalue weighted by Crippen LogP contribution is 2.33. The maximum absolute atomic E-state index is 15.1. The third kappa shape index (κ3) is 2.44. The van der Waals surface area contributed by atoms with Gasteiger partial charge in [0.2, 0.25) is 5.43 Å². The lowest BCUT2D eigenvalue weighted by molar-refractivity contribution is 0.0695. The lowest BCUT2D eigenvalue weighted by Gasteiger charge is -2.22. The summed E-state index contributed by atoms with van der Waals surface area (Å²) < 4.78 is 31.0. The molecular weight excluding hydrogens is 318 g/mol. The molecule has 1 N–H and O–H groups in total. The number of carboxylic acids is 1. The average molecular weight is 336 g/mol. The van der Waals surface area contributed by atoms with Gasteiger partial charge in [-0.2, -0.15) is 0 Å². The smallest absolute Gasteiger partial charge is 0.341 e. The van der Waals surface area contributed by atoms with Crippen LogP contribution in [0.4, 0.5) is 14.5 Å². The number of aryl methyl sites for hydroxylation is 1. The van der Waals surface area contributed by atoms with Crippen molar-refractivity contribution in [1.29, 1.82) is 0 Å². The molecule has 0 spiro atoms. The summed E-state index contributed by atoms with van der Waals surface area (Å²) in [5.74, 6) is -2.73. The Kier molecular flexibility index (Phi) is 4.03. The highest BCUT2D eigenvalue weighted by Gasteiger charge is 2.28. The molecule has 24 heavy (non-hydrogen) atoms. The van der Waals surface area contributed by atoms with Crippen LogP contribution in [0, 0.1) is 17.6 Å². The van der Waals surface area contributed by atoms with Crippen LogP contribution in [0.5, 0.6) is 0 Å². The van der Waals surface area contributed by atoms with Crippen LogP contribution in [0.25, 0.3) is 10.9 Å². The fourth-order valence-electron chi connectivity index (χ4n) is 3.31. The van der Waals surface area contributed by atoms with E-state index in [2.05, 4.69) is 0 Å². The third-order valence-electron chi connectivity index (χ3n) is 4.54. The van der Waals surface area contributed by atoms with E-state index in [1.54, 1.807) is 11.8 Å². The first-order valence-electron chi connectivity index (χ1n) is 7.88. The fraction of sp³-hybridized carbons (Fsp3) is 0.412. The Bertz CT molecular complexity index is 892. The molecule has 1 aliphatic rings. The van der Waals surface area contributed by atoms with Crippen LogP contribution in [0.1, 0.15) is 30.6 Å². The lowest BCUT2D eigenvalue weighted by Crippen LogP contribution is -2.24. The average Bonchev–Trinajstić information content (AvgIpc) is 2.94. The summed E-state index contributed by atoms with van der Waals surface area (Å²) >= 11 is 0. The molecule has 0 bridgehead atoms. The second-order valence-corrected chi connectivity index (χ2v) is 6.22. The quantitative estimate of drug-likeness (QED) is 0.936. The Morgan fingerprint density at radius 1 is 1.42 bits per heavy atom. The largest absolute Gasteiger partial charge is 0.477 e. The number of anilines is 1. The van der Waals surface area contributed by atoms with Gasteiger partial charge in [-0.1, -0.05) is 6.92 Å². The van der Waals surface area contributed by atoms with Crippen LogP contribution >= 0.6 is 0 Å². The number of nitrogens with zero attached hydrogens (tertiary/aromatic N) is 2. The fourth-order valence-corrected chi connectivity index (χ4v) is 3.31. The van der Waals surface area contributed by atoms with E-state index < -0.39 is 28.6 Å². The van der Waals surface area contributed by atoms with Gasteiger partial charge in [-0.25, -0.2) is 13.6 Å². The molecule has 3 rings (SSSR count). The van der Waals surface area contributed by atoms with Gasteiger partial charge in [-0.15, -0.1) is 0 Å². The predicted octanol–water partition coefficient (Wildman–Crippen LogP) is 2.84. The molecule has 2 aromatic rings. The van der Waals surface area contributed by atoms with Crippen LogP contribution in [0.2, 0.25) is 0 Å². The van der Waals surface area contributed by atoms with Crippen LogP contribution in [0.15, 0.2) is 17.1 Å². The number of hydrogen-bond donors (Lipinski definition) is 1. The number of pyridine rings is 1. The summed E-state index contributed by atoms with van der Waals surface area (Å²) in [5.41, 5.74) is -1.56. The first-order chi connectivity index (χ1) is 11.3. The van der Waals surface area contributed by atoms with E-state index in [4.69, 9.17) is 5.11 Å². The van der Waals surface area contributed by atoms with Crippen molar-refractivity contribution >= 4 is 22.6 Å². The second-order valence-electron chi connectivity index (χ2n) is 6.22. The molecule has 0 amide bonds. The number of carbonyl (C=O) groups is 1. The monoisotopic (exact) mass is 336 g/mol. The van der Waals surface area contributed by atoms with Crippen molar-refractivity contribution in [1.82, 2.24) is 4.57 Å². The maximum Gasteiger partial charge on any atom is 0.341 e. The number of aromatic carboxylic acids is 1. The molecule has 1 saturated heterocycles. The maximum atomic E-state index is 15.1. The molecule has 1 fully saturated rings. The standard InChI is InChI=1S/C17H18F2N2O3/c1-3-20-8-11(17(23)24)16(22)10-6-12(18)15(13(19)14(10)20)21-5-4-9(2)7-21/h6,8-9H,3-5,7H2,1-2H3,(H,23,24). The number of carboxylic acid groups (broad SMARTS) is 1. The zero-order valence-electron chi connectivity index (χ0n) is 13.5. The van der Waals surface area contributed by atoms with Crippen molar-refractivity contribution in [3.05, 3.63) is 39.7 Å². The van der Waals surface area contributed by atoms with E-state index >= 15 is 4.39 Å². The van der Waals surface area contributed by atoms with Gasteiger partial charge in [0.05, 0.1) is 10.9 Å². The second kappa shape index (κ2) is 5.89. The zero-order chi connectivity index (χ0) is 17.6. The molecule has 0 aliphatic carbocycles. The van der Waals surface area contributed by atoms with E-state index in [1.165, 1.54) is 4.57 Å². The molecule has 0 radical (unpaired) electrons. The summed E-state index contributed by atoms with van der Waals surface area (Å²) in [4.78, 5) is 25.1. The summed E-state index contributed by atoms with van der Waals surface area (Å²) in [5, 5.41) is 8.88. The number of fused-ring (bicyclic) bond motifs is 1. The van der Waals surface area contributed by atoms with Gasteiger partial charge in [0.25, 0.3) is 0 Å². The van der Waals surface area contributed by atoms with E-state index in [0.29, 0.717) is 19.0 Å². The van der Waals surface area contributed by atoms with Crippen molar-refractivity contribution in [2.45, 2.75) is 26.8 Å². The van der Waals surface area contributed by atoms with Crippen LogP contribution < -0.4 is 10.3 Å². The minimum atomic E-state index is -1.41. The molecule has 5 nitrogen and oxygen atoms in total. The van der Waals surface area contributed by atoms with Crippen molar-refractivity contribution in [2.24, 2.45) is 5.92 Å². The zero-order valence-corrected chi connectivity index (χ0v) is 13.5. The van der Waals surface area contributed by atoms with E-state index in [9.17, 15) is 14.0 Å². The van der Waals surface area contributed by atoms with E-state index in [-0.39, 0.29) is 23.1 Å². The van der Waals surface area contributed by atoms with Gasteiger partial charge in [-0.05, 0) is 25.3 Å². The Morgan fingerprint density at radius 3 is 2.67 bits per heavy atom. The van der Waals surface area contributed by atoms with Gasteiger partial charge < -0.3 is 14.6 Å². The highest BCUT2D eigenvalue weighted by molar-refractivity contribution is 5.93. The Labute approximate surface area is 137 Å². The minimum Gasteiger partial charge on any atom is -0.477 e. The van der Waals surface area contributed by atoms with Crippen molar-refractivity contribution < 1.29 is 18.7 Å². The molecule has 1 unspecified atom stereocenters. The van der Waals surface area contributed by atoms with Gasteiger partial charge in [0, 0.05) is 25.8 Å². The number of hydrogen-bond acceptors (Lipinski definition) is 3. The summed E-state index contributed by atoms with van der Waals surface area (Å²) in [6.45, 7) is 5.07. The minimum absolute atomic E-state index is 0.0524. The molecular formula is C17H18F2N2O3. The molecule has 1 atom stereocenters. The molecule has 1 aliphatic heterocycles. The van der Waals surface area contributed by atoms with Crippen LogP contribution in [0.3, 0.4) is 0 Å². The van der Waals surface area contributed by atoms with Crippen LogP contribution in [-0.2, 0) is 6.54 Å². The predicted molar refractivity (Wildman–Crippen MR) is 86.8 cm³/mol. The number of rotatable bonds is 3. The molecule has 128 valence electrons. The van der Waals surface area contributed by atoms with Gasteiger partial charge in [-0.3, -0.25) is 4.79 Å². The Hall–Kier alpha value is -2.44. The first-order valence-corrected chi connectivity index (χ1v) is 7.88. The van der Waals surface area contributed by atoms with E-state index in [0.717, 1.165) is 18.7 Å².